The molecule has 0 atom stereocenters. The van der Waals surface area contributed by atoms with Crippen molar-refractivity contribution < 1.29 is 0 Å². The minimum atomic E-state index is 0.784. The van der Waals surface area contributed by atoms with Crippen LogP contribution in [-0.2, 0) is 0 Å². The highest BCUT2D eigenvalue weighted by molar-refractivity contribution is 5.83. The van der Waals surface area contributed by atoms with E-state index in [1.165, 1.54) is 0 Å². The Kier molecular flexibility index (Phi) is 4.13. The van der Waals surface area contributed by atoms with Crippen molar-refractivity contribution in [2.75, 3.05) is 6.54 Å². The molecule has 0 radical (unpaired) electrons. The van der Waals surface area contributed by atoms with Gasteiger partial charge in [-0.25, -0.2) is 4.99 Å². The average molecular weight is 112 g/mol. The lowest BCUT2D eigenvalue weighted by Crippen LogP contribution is -1.85. The Balaban J connectivity index is 3.40. The van der Waals surface area contributed by atoms with Crippen LogP contribution in [0.15, 0.2) is 9.98 Å². The van der Waals surface area contributed by atoms with Gasteiger partial charge in [0.05, 0.1) is 0 Å². The van der Waals surface area contributed by atoms with E-state index in [1.807, 2.05) is 6.92 Å². The molecule has 0 aliphatic heterocycles. The molecule has 8 heavy (non-hydrogen) atoms. The summed E-state index contributed by atoms with van der Waals surface area (Å²) in [5, 5.41) is 0. The predicted octanol–water partition coefficient (Wildman–Crippen LogP) is 1.52. The lowest BCUT2D eigenvalue weighted by molar-refractivity contribution is 0.929. The molecule has 2 nitrogen and oxygen atoms in total. The Morgan fingerprint density at radius 1 is 1.62 bits per heavy atom. The molecule has 0 saturated carbocycles. The highest BCUT2D eigenvalue weighted by atomic mass is 14.9. The van der Waals surface area contributed by atoms with Crippen LogP contribution in [0.4, 0.5) is 0 Å². The molecule has 0 unspecified atom stereocenters. The van der Waals surface area contributed by atoms with E-state index in [-0.39, 0.29) is 0 Å². The van der Waals surface area contributed by atoms with Crippen molar-refractivity contribution in [1.29, 1.82) is 0 Å². The third kappa shape index (κ3) is 3.53. The number of aliphatic imine (C=N–C) groups is 2. The van der Waals surface area contributed by atoms with E-state index in [0.717, 1.165) is 18.8 Å². The standard InChI is InChI=1S/C6H12N2/c1-4-5-8-6(2)7-3/h3-5H2,1-2H3. The first-order valence-electron chi connectivity index (χ1n) is 2.79. The molecule has 0 heterocycles. The molecule has 0 amide bonds. The third-order valence-electron chi connectivity index (χ3n) is 0.793. The molecule has 0 rings (SSSR count). The first-order valence-corrected chi connectivity index (χ1v) is 2.79. The Morgan fingerprint density at radius 3 is 2.62 bits per heavy atom. The van der Waals surface area contributed by atoms with Crippen LogP contribution in [0.3, 0.4) is 0 Å². The van der Waals surface area contributed by atoms with Crippen LogP contribution in [-0.4, -0.2) is 19.1 Å². The van der Waals surface area contributed by atoms with Gasteiger partial charge in [0, 0.05) is 6.54 Å². The number of amidine groups is 1. The highest BCUT2D eigenvalue weighted by Crippen LogP contribution is 1.80. The molecule has 0 fully saturated rings. The second kappa shape index (κ2) is 4.50. The Hall–Kier alpha value is -0.660. The highest BCUT2D eigenvalue weighted by Gasteiger charge is 1.77. The second-order valence-corrected chi connectivity index (χ2v) is 1.59. The van der Waals surface area contributed by atoms with Gasteiger partial charge in [0.1, 0.15) is 5.84 Å². The molecule has 0 bridgehead atoms. The first-order chi connectivity index (χ1) is 3.81. The maximum absolute atomic E-state index is 4.05. The molecule has 0 N–H and O–H groups in total. The Labute approximate surface area is 50.4 Å². The van der Waals surface area contributed by atoms with Gasteiger partial charge in [-0.15, -0.1) is 0 Å². The quantitative estimate of drug-likeness (QED) is 0.382. The smallest absolute Gasteiger partial charge is 0.119 e. The van der Waals surface area contributed by atoms with Crippen molar-refractivity contribution in [3.05, 3.63) is 0 Å². The molecule has 0 aliphatic rings. The summed E-state index contributed by atoms with van der Waals surface area (Å²) < 4.78 is 0. The molecule has 0 aromatic carbocycles. The number of rotatable bonds is 2. The topological polar surface area (TPSA) is 24.7 Å². The fourth-order valence-corrected chi connectivity index (χ4v) is 0.324. The van der Waals surface area contributed by atoms with Gasteiger partial charge >= 0.3 is 0 Å². The summed E-state index contributed by atoms with van der Waals surface area (Å²) in [5.74, 6) is 0.784. The first kappa shape index (κ1) is 7.34. The van der Waals surface area contributed by atoms with Gasteiger partial charge in [0.15, 0.2) is 0 Å². The van der Waals surface area contributed by atoms with Crippen molar-refractivity contribution in [1.82, 2.24) is 0 Å². The molecule has 0 spiro atoms. The van der Waals surface area contributed by atoms with E-state index in [0.29, 0.717) is 0 Å². The molecule has 0 saturated heterocycles. The molecule has 2 heteroatoms. The van der Waals surface area contributed by atoms with Crippen LogP contribution in [0.2, 0.25) is 0 Å². The zero-order valence-electron chi connectivity index (χ0n) is 5.52. The molecule has 0 aromatic rings. The van der Waals surface area contributed by atoms with Gasteiger partial charge in [-0.3, -0.25) is 4.99 Å². The van der Waals surface area contributed by atoms with Gasteiger partial charge in [0.2, 0.25) is 0 Å². The summed E-state index contributed by atoms with van der Waals surface area (Å²) in [4.78, 5) is 7.67. The minimum Gasteiger partial charge on any atom is -0.271 e. The lowest BCUT2D eigenvalue weighted by atomic mass is 10.5. The molecule has 0 aliphatic carbocycles. The molecule has 0 aromatic heterocycles. The summed E-state index contributed by atoms with van der Waals surface area (Å²) in [7, 11) is 0. The van der Waals surface area contributed by atoms with Crippen LogP contribution in [0.1, 0.15) is 20.3 Å². The largest absolute Gasteiger partial charge is 0.271 e. The monoisotopic (exact) mass is 112 g/mol. The van der Waals surface area contributed by atoms with Crippen LogP contribution >= 0.6 is 0 Å². The fourth-order valence-electron chi connectivity index (χ4n) is 0.324. The van der Waals surface area contributed by atoms with Crippen LogP contribution in [0.5, 0.6) is 0 Å². The van der Waals surface area contributed by atoms with Gasteiger partial charge < -0.3 is 0 Å². The molecule has 46 valence electrons. The van der Waals surface area contributed by atoms with E-state index >= 15 is 0 Å². The van der Waals surface area contributed by atoms with Crippen molar-refractivity contribution in [2.24, 2.45) is 9.98 Å². The summed E-state index contributed by atoms with van der Waals surface area (Å²) in [6, 6.07) is 0. The molecular weight excluding hydrogens is 100 g/mol. The Morgan fingerprint density at radius 2 is 2.25 bits per heavy atom. The average Bonchev–Trinajstić information content (AvgIpc) is 1.83. The fraction of sp³-hybridized carbons (Fsp3) is 0.667. The zero-order valence-corrected chi connectivity index (χ0v) is 5.52. The maximum Gasteiger partial charge on any atom is 0.119 e. The summed E-state index contributed by atoms with van der Waals surface area (Å²) in [5.41, 5.74) is 0. The van der Waals surface area contributed by atoms with Gasteiger partial charge in [-0.1, -0.05) is 6.92 Å². The minimum absolute atomic E-state index is 0.784. The van der Waals surface area contributed by atoms with Crippen molar-refractivity contribution in [2.45, 2.75) is 20.3 Å². The van der Waals surface area contributed by atoms with Crippen LogP contribution < -0.4 is 0 Å². The van der Waals surface area contributed by atoms with Gasteiger partial charge in [-0.05, 0) is 20.1 Å². The third-order valence-corrected chi connectivity index (χ3v) is 0.793. The van der Waals surface area contributed by atoms with E-state index in [4.69, 9.17) is 0 Å². The van der Waals surface area contributed by atoms with Crippen molar-refractivity contribution in [3.63, 3.8) is 0 Å². The van der Waals surface area contributed by atoms with Crippen molar-refractivity contribution in [3.8, 4) is 0 Å². The lowest BCUT2D eigenvalue weighted by Gasteiger charge is -1.87. The normalized spacial score (nSPS) is 11.5. The summed E-state index contributed by atoms with van der Waals surface area (Å²) in [6.45, 7) is 8.13. The number of hydrogen-bond acceptors (Lipinski definition) is 1. The number of nitrogens with zero attached hydrogens (tertiary/aromatic N) is 2. The summed E-state index contributed by atoms with van der Waals surface area (Å²) >= 11 is 0. The molecular formula is C6H12N2. The number of hydrogen-bond donors (Lipinski definition) is 0. The van der Waals surface area contributed by atoms with Crippen LogP contribution in [0.25, 0.3) is 0 Å². The summed E-state index contributed by atoms with van der Waals surface area (Å²) in [6.07, 6.45) is 1.08. The Bertz CT molecular complexity index is 94.7. The van der Waals surface area contributed by atoms with Crippen LogP contribution in [0, 0.1) is 0 Å². The SMILES string of the molecule is C=NC(C)=NCCC. The van der Waals surface area contributed by atoms with E-state index < -0.39 is 0 Å². The predicted molar refractivity (Wildman–Crippen MR) is 37.8 cm³/mol. The zero-order chi connectivity index (χ0) is 6.41. The maximum atomic E-state index is 4.05. The van der Waals surface area contributed by atoms with E-state index in [1.54, 1.807) is 0 Å². The van der Waals surface area contributed by atoms with Gasteiger partial charge in [-0.2, -0.15) is 0 Å². The van der Waals surface area contributed by atoms with Crippen molar-refractivity contribution >= 4 is 12.6 Å². The van der Waals surface area contributed by atoms with E-state index in [9.17, 15) is 0 Å². The van der Waals surface area contributed by atoms with E-state index in [2.05, 4.69) is 23.6 Å². The van der Waals surface area contributed by atoms with Gasteiger partial charge in [0.25, 0.3) is 0 Å². The second-order valence-electron chi connectivity index (χ2n) is 1.59.